The minimum Gasteiger partial charge on any atom is -0.481 e. The lowest BCUT2D eigenvalue weighted by Gasteiger charge is -2.02. The van der Waals surface area contributed by atoms with E-state index in [1.807, 2.05) is 0 Å². The quantitative estimate of drug-likeness (QED) is 0.461. The Morgan fingerprint density at radius 2 is 1.77 bits per heavy atom. The van der Waals surface area contributed by atoms with Crippen molar-refractivity contribution < 1.29 is 30.8 Å². The standard InChI is InChI=1S/C5H9NO4S.2H2O/c6-3(5(9)10)1-11-2-4(7)8;;/h3H,1-2,6H2,(H,7,8)(H,9,10);2*1H2. The molecule has 0 spiro atoms. The maximum Gasteiger partial charge on any atom is 0.321 e. The molecule has 8 N–H and O–H groups in total. The first-order valence-corrected chi connectivity index (χ1v) is 3.97. The van der Waals surface area contributed by atoms with Crippen LogP contribution in [0.3, 0.4) is 0 Å². The maximum absolute atomic E-state index is 10.1. The van der Waals surface area contributed by atoms with Gasteiger partial charge in [0.2, 0.25) is 0 Å². The van der Waals surface area contributed by atoms with E-state index in [1.54, 1.807) is 0 Å². The topological polar surface area (TPSA) is 164 Å². The van der Waals surface area contributed by atoms with Gasteiger partial charge in [-0.05, 0) is 0 Å². The number of aliphatic carboxylic acids is 2. The van der Waals surface area contributed by atoms with E-state index >= 15 is 0 Å². The molecular weight excluding hydrogens is 202 g/mol. The van der Waals surface area contributed by atoms with Gasteiger partial charge in [0.15, 0.2) is 0 Å². The van der Waals surface area contributed by atoms with Crippen LogP contribution in [0.2, 0.25) is 0 Å². The minimum absolute atomic E-state index is 0. The summed E-state index contributed by atoms with van der Waals surface area (Å²) in [4.78, 5) is 20.0. The van der Waals surface area contributed by atoms with Crippen LogP contribution >= 0.6 is 11.8 Å². The van der Waals surface area contributed by atoms with Crippen molar-refractivity contribution >= 4 is 23.7 Å². The van der Waals surface area contributed by atoms with Gasteiger partial charge in [0.05, 0.1) is 5.75 Å². The van der Waals surface area contributed by atoms with E-state index in [1.165, 1.54) is 0 Å². The average molecular weight is 215 g/mol. The fraction of sp³-hybridized carbons (Fsp3) is 0.600. The smallest absolute Gasteiger partial charge is 0.321 e. The Hall–Kier alpha value is -0.830. The summed E-state index contributed by atoms with van der Waals surface area (Å²) in [5.74, 6) is -2.06. The fourth-order valence-electron chi connectivity index (χ4n) is 0.344. The molecule has 13 heavy (non-hydrogen) atoms. The van der Waals surface area contributed by atoms with Crippen molar-refractivity contribution in [1.29, 1.82) is 0 Å². The van der Waals surface area contributed by atoms with E-state index in [4.69, 9.17) is 15.9 Å². The lowest BCUT2D eigenvalue weighted by molar-refractivity contribution is -0.138. The third-order valence-corrected chi connectivity index (χ3v) is 1.89. The summed E-state index contributed by atoms with van der Waals surface area (Å²) in [7, 11) is 0. The lowest BCUT2D eigenvalue weighted by atomic mass is 10.4. The van der Waals surface area contributed by atoms with Crippen LogP contribution in [0.25, 0.3) is 0 Å². The van der Waals surface area contributed by atoms with Gasteiger partial charge in [0.25, 0.3) is 0 Å². The summed E-state index contributed by atoms with van der Waals surface area (Å²) in [6.07, 6.45) is 0. The summed E-state index contributed by atoms with van der Waals surface area (Å²) < 4.78 is 0. The fourth-order valence-corrected chi connectivity index (χ4v) is 1.03. The lowest BCUT2D eigenvalue weighted by Crippen LogP contribution is -2.32. The SMILES string of the molecule is NC(CSCC(=O)O)C(=O)O.O.O. The number of carboxylic acids is 2. The molecular formula is C5H13NO6S. The van der Waals surface area contributed by atoms with E-state index in [0.717, 1.165) is 11.8 Å². The largest absolute Gasteiger partial charge is 0.481 e. The highest BCUT2D eigenvalue weighted by molar-refractivity contribution is 8.00. The molecule has 7 nitrogen and oxygen atoms in total. The first kappa shape index (κ1) is 18.1. The van der Waals surface area contributed by atoms with Crippen LogP contribution in [0, 0.1) is 0 Å². The minimum atomic E-state index is -1.11. The average Bonchev–Trinajstić information content (AvgIpc) is 1.86. The molecule has 1 unspecified atom stereocenters. The van der Waals surface area contributed by atoms with Crippen molar-refractivity contribution in [2.75, 3.05) is 11.5 Å². The summed E-state index contributed by atoms with van der Waals surface area (Å²) in [5, 5.41) is 16.4. The van der Waals surface area contributed by atoms with Crippen molar-refractivity contribution in [2.24, 2.45) is 5.73 Å². The van der Waals surface area contributed by atoms with Crippen LogP contribution in [-0.2, 0) is 9.59 Å². The van der Waals surface area contributed by atoms with E-state index in [-0.39, 0.29) is 22.5 Å². The predicted octanol–water partition coefficient (Wildman–Crippen LogP) is -2.43. The van der Waals surface area contributed by atoms with E-state index in [9.17, 15) is 9.59 Å². The molecule has 0 saturated heterocycles. The second kappa shape index (κ2) is 9.26. The molecule has 0 rings (SSSR count). The molecule has 0 fully saturated rings. The normalized spacial score (nSPS) is 10.5. The third-order valence-electron chi connectivity index (χ3n) is 0.840. The Morgan fingerprint density at radius 3 is 2.08 bits per heavy atom. The Bertz CT molecular complexity index is 163. The predicted molar refractivity (Wildman–Crippen MR) is 47.8 cm³/mol. The van der Waals surface area contributed by atoms with Crippen LogP contribution in [-0.4, -0.2) is 50.7 Å². The van der Waals surface area contributed by atoms with Crippen molar-refractivity contribution in [2.45, 2.75) is 6.04 Å². The number of thioether (sulfide) groups is 1. The zero-order chi connectivity index (χ0) is 8.85. The molecule has 0 saturated carbocycles. The molecule has 0 amide bonds. The Kier molecular flexibility index (Phi) is 12.9. The van der Waals surface area contributed by atoms with Gasteiger partial charge >= 0.3 is 11.9 Å². The summed E-state index contributed by atoms with van der Waals surface area (Å²) >= 11 is 0.992. The van der Waals surface area contributed by atoms with Crippen LogP contribution in [0.1, 0.15) is 0 Å². The van der Waals surface area contributed by atoms with Gasteiger partial charge in [-0.15, -0.1) is 11.8 Å². The van der Waals surface area contributed by atoms with Gasteiger partial charge in [-0.1, -0.05) is 0 Å². The van der Waals surface area contributed by atoms with Crippen molar-refractivity contribution in [3.63, 3.8) is 0 Å². The Balaban J connectivity index is -0.000000500. The highest BCUT2D eigenvalue weighted by Crippen LogP contribution is 2.00. The number of rotatable bonds is 5. The molecule has 0 bridgehead atoms. The number of hydrogen-bond donors (Lipinski definition) is 3. The molecule has 8 heteroatoms. The highest BCUT2D eigenvalue weighted by atomic mass is 32.2. The van der Waals surface area contributed by atoms with Crippen molar-refractivity contribution in [3.8, 4) is 0 Å². The van der Waals surface area contributed by atoms with Gasteiger partial charge in [0, 0.05) is 5.75 Å². The monoisotopic (exact) mass is 215 g/mol. The molecule has 80 valence electrons. The van der Waals surface area contributed by atoms with Crippen LogP contribution in [0.15, 0.2) is 0 Å². The first-order chi connectivity index (χ1) is 5.04. The molecule has 0 aromatic rings. The van der Waals surface area contributed by atoms with E-state index in [2.05, 4.69) is 0 Å². The van der Waals surface area contributed by atoms with Gasteiger partial charge < -0.3 is 26.9 Å². The molecule has 0 radical (unpaired) electrons. The van der Waals surface area contributed by atoms with E-state index < -0.39 is 18.0 Å². The van der Waals surface area contributed by atoms with Crippen LogP contribution < -0.4 is 5.73 Å². The second-order valence-corrected chi connectivity index (χ2v) is 2.88. The molecule has 0 aromatic carbocycles. The number of hydrogen-bond acceptors (Lipinski definition) is 4. The number of nitrogens with two attached hydrogens (primary N) is 1. The Morgan fingerprint density at radius 1 is 1.31 bits per heavy atom. The summed E-state index contributed by atoms with van der Waals surface area (Å²) in [6, 6.07) is -0.973. The highest BCUT2D eigenvalue weighted by Gasteiger charge is 2.11. The zero-order valence-corrected chi connectivity index (χ0v) is 7.50. The Labute approximate surface area is 78.5 Å². The third kappa shape index (κ3) is 11.2. The van der Waals surface area contributed by atoms with Crippen molar-refractivity contribution in [3.05, 3.63) is 0 Å². The molecule has 1 atom stereocenters. The van der Waals surface area contributed by atoms with Gasteiger partial charge in [-0.2, -0.15) is 0 Å². The maximum atomic E-state index is 10.1. The van der Waals surface area contributed by atoms with Gasteiger partial charge in [0.1, 0.15) is 6.04 Å². The van der Waals surface area contributed by atoms with Crippen molar-refractivity contribution in [1.82, 2.24) is 0 Å². The molecule has 0 aliphatic rings. The van der Waals surface area contributed by atoms with Crippen LogP contribution in [0.5, 0.6) is 0 Å². The molecule has 0 aliphatic carbocycles. The van der Waals surface area contributed by atoms with Gasteiger partial charge in [-0.25, -0.2) is 0 Å². The zero-order valence-electron chi connectivity index (χ0n) is 6.69. The van der Waals surface area contributed by atoms with Crippen LogP contribution in [0.4, 0.5) is 0 Å². The summed E-state index contributed by atoms with van der Waals surface area (Å²) in [5.41, 5.74) is 5.09. The number of carbonyl (C=O) groups is 2. The first-order valence-electron chi connectivity index (χ1n) is 2.82. The second-order valence-electron chi connectivity index (χ2n) is 1.85. The number of carboxylic acid groups (broad SMARTS) is 2. The molecule has 0 aromatic heterocycles. The summed E-state index contributed by atoms with van der Waals surface area (Å²) in [6.45, 7) is 0. The van der Waals surface area contributed by atoms with E-state index in [0.29, 0.717) is 0 Å². The van der Waals surface area contributed by atoms with Gasteiger partial charge in [-0.3, -0.25) is 9.59 Å². The molecule has 0 aliphatic heterocycles. The molecule has 0 heterocycles.